The summed E-state index contributed by atoms with van der Waals surface area (Å²) in [5, 5.41) is 11.8. The van der Waals surface area contributed by atoms with E-state index in [0.29, 0.717) is 33.7 Å². The summed E-state index contributed by atoms with van der Waals surface area (Å²) < 4.78 is 33.9. The third-order valence-electron chi connectivity index (χ3n) is 4.78. The van der Waals surface area contributed by atoms with Gasteiger partial charge in [0.05, 0.1) is 18.6 Å². The Balaban J connectivity index is 1.60. The van der Waals surface area contributed by atoms with E-state index in [-0.39, 0.29) is 23.3 Å². The van der Waals surface area contributed by atoms with Gasteiger partial charge in [0.25, 0.3) is 0 Å². The average Bonchev–Trinajstić information content (AvgIpc) is 3.23. The van der Waals surface area contributed by atoms with E-state index in [1.54, 1.807) is 34.9 Å². The number of methoxy groups -OCH3 is 1. The van der Waals surface area contributed by atoms with E-state index in [2.05, 4.69) is 15.5 Å². The van der Waals surface area contributed by atoms with E-state index in [1.807, 2.05) is 19.1 Å². The molecule has 9 heteroatoms. The number of carbonyl (C=O) groups is 1. The second kappa shape index (κ2) is 9.83. The Bertz CT molecular complexity index is 1270. The molecule has 1 heterocycles. The van der Waals surface area contributed by atoms with E-state index in [4.69, 9.17) is 4.74 Å². The molecule has 1 N–H and O–H groups in total. The summed E-state index contributed by atoms with van der Waals surface area (Å²) in [5.74, 6) is 0.0675. The first-order valence-electron chi connectivity index (χ1n) is 9.99. The molecule has 0 aliphatic carbocycles. The summed E-state index contributed by atoms with van der Waals surface area (Å²) in [5.41, 5.74) is 2.81. The molecule has 0 unspecified atom stereocenters. The quantitative estimate of drug-likeness (QED) is 0.376. The Morgan fingerprint density at radius 2 is 1.67 bits per heavy atom. The summed E-state index contributed by atoms with van der Waals surface area (Å²) in [4.78, 5) is 12.6. The lowest BCUT2D eigenvalue weighted by Gasteiger charge is -2.12. The van der Waals surface area contributed by atoms with Crippen LogP contribution < -0.4 is 10.1 Å². The van der Waals surface area contributed by atoms with Crippen molar-refractivity contribution in [1.29, 1.82) is 0 Å². The molecule has 4 rings (SSSR count). The SMILES string of the molecule is COc1ccc(C)cc1NC(=O)CSc1nnc(-c2ccc(F)cc2)n1-c1ccc(F)cc1. The molecule has 0 aliphatic heterocycles. The van der Waals surface area contributed by atoms with Gasteiger partial charge in [-0.25, -0.2) is 8.78 Å². The van der Waals surface area contributed by atoms with Crippen LogP contribution in [0.25, 0.3) is 17.1 Å². The smallest absolute Gasteiger partial charge is 0.234 e. The molecule has 0 aliphatic rings. The number of hydrogen-bond donors (Lipinski definition) is 1. The van der Waals surface area contributed by atoms with Crippen molar-refractivity contribution in [3.05, 3.63) is 83.9 Å². The van der Waals surface area contributed by atoms with E-state index in [9.17, 15) is 13.6 Å². The third-order valence-corrected chi connectivity index (χ3v) is 5.71. The maximum atomic E-state index is 13.5. The first kappa shape index (κ1) is 22.5. The second-order valence-electron chi connectivity index (χ2n) is 7.17. The van der Waals surface area contributed by atoms with Gasteiger partial charge in [0, 0.05) is 11.3 Å². The molecule has 0 fully saturated rings. The number of aryl methyl sites for hydroxylation is 1. The molecule has 0 bridgehead atoms. The highest BCUT2D eigenvalue weighted by Gasteiger charge is 2.18. The van der Waals surface area contributed by atoms with Crippen molar-refractivity contribution in [3.8, 4) is 22.8 Å². The number of thioether (sulfide) groups is 1. The van der Waals surface area contributed by atoms with Gasteiger partial charge in [-0.15, -0.1) is 10.2 Å². The Kier molecular flexibility index (Phi) is 6.69. The van der Waals surface area contributed by atoms with Gasteiger partial charge < -0.3 is 10.1 Å². The average molecular weight is 467 g/mol. The second-order valence-corrected chi connectivity index (χ2v) is 8.11. The van der Waals surface area contributed by atoms with Crippen LogP contribution in [0.3, 0.4) is 0 Å². The minimum atomic E-state index is -0.379. The monoisotopic (exact) mass is 466 g/mol. The van der Waals surface area contributed by atoms with Crippen molar-refractivity contribution < 1.29 is 18.3 Å². The number of nitrogens with one attached hydrogen (secondary N) is 1. The maximum absolute atomic E-state index is 13.5. The fraction of sp³-hybridized carbons (Fsp3) is 0.125. The lowest BCUT2D eigenvalue weighted by atomic mass is 10.2. The number of hydrogen-bond acceptors (Lipinski definition) is 5. The molecule has 0 spiro atoms. The zero-order chi connectivity index (χ0) is 23.4. The van der Waals surface area contributed by atoms with E-state index in [1.165, 1.54) is 43.1 Å². The number of halogens is 2. The number of carbonyl (C=O) groups excluding carboxylic acids is 1. The van der Waals surface area contributed by atoms with Crippen molar-refractivity contribution in [3.63, 3.8) is 0 Å². The van der Waals surface area contributed by atoms with Crippen LogP contribution in [-0.2, 0) is 4.79 Å². The number of amides is 1. The summed E-state index contributed by atoms with van der Waals surface area (Å²) in [6.45, 7) is 1.92. The number of nitrogens with zero attached hydrogens (tertiary/aromatic N) is 3. The van der Waals surface area contributed by atoms with Crippen LogP contribution in [0, 0.1) is 18.6 Å². The highest BCUT2D eigenvalue weighted by molar-refractivity contribution is 7.99. The molecule has 33 heavy (non-hydrogen) atoms. The van der Waals surface area contributed by atoms with Crippen LogP contribution in [0.4, 0.5) is 14.5 Å². The molecule has 168 valence electrons. The molecule has 0 radical (unpaired) electrons. The molecular formula is C24H20F2N4O2S. The first-order valence-corrected chi connectivity index (χ1v) is 11.0. The third kappa shape index (κ3) is 5.20. The summed E-state index contributed by atoms with van der Waals surface area (Å²) in [6.07, 6.45) is 0. The molecule has 3 aromatic carbocycles. The van der Waals surface area contributed by atoms with Gasteiger partial charge in [0.1, 0.15) is 17.4 Å². The fourth-order valence-electron chi connectivity index (χ4n) is 3.21. The molecule has 6 nitrogen and oxygen atoms in total. The fourth-order valence-corrected chi connectivity index (χ4v) is 3.96. The van der Waals surface area contributed by atoms with Gasteiger partial charge in [0.2, 0.25) is 5.91 Å². The molecule has 0 saturated carbocycles. The first-order chi connectivity index (χ1) is 15.9. The topological polar surface area (TPSA) is 69.0 Å². The van der Waals surface area contributed by atoms with Gasteiger partial charge in [-0.2, -0.15) is 0 Å². The number of benzene rings is 3. The number of rotatable bonds is 7. The Hall–Kier alpha value is -3.72. The molecule has 0 saturated heterocycles. The summed E-state index contributed by atoms with van der Waals surface area (Å²) >= 11 is 1.18. The number of aromatic nitrogens is 3. The minimum Gasteiger partial charge on any atom is -0.495 e. The van der Waals surface area contributed by atoms with Gasteiger partial charge in [-0.3, -0.25) is 9.36 Å². The van der Waals surface area contributed by atoms with Gasteiger partial charge in [-0.1, -0.05) is 17.8 Å². The van der Waals surface area contributed by atoms with Crippen LogP contribution in [0.2, 0.25) is 0 Å². The maximum Gasteiger partial charge on any atom is 0.234 e. The minimum absolute atomic E-state index is 0.0554. The predicted molar refractivity (Wildman–Crippen MR) is 124 cm³/mol. The van der Waals surface area contributed by atoms with E-state index in [0.717, 1.165) is 5.56 Å². The number of ether oxygens (including phenoxy) is 1. The molecule has 1 aromatic heterocycles. The largest absolute Gasteiger partial charge is 0.495 e. The molecule has 4 aromatic rings. The Morgan fingerprint density at radius 1 is 1.00 bits per heavy atom. The summed E-state index contributed by atoms with van der Waals surface area (Å²) in [7, 11) is 1.54. The van der Waals surface area contributed by atoms with Crippen molar-refractivity contribution in [2.45, 2.75) is 12.1 Å². The van der Waals surface area contributed by atoms with Crippen LogP contribution in [0.15, 0.2) is 71.9 Å². The zero-order valence-electron chi connectivity index (χ0n) is 17.9. The molecule has 1 amide bonds. The molecular weight excluding hydrogens is 446 g/mol. The van der Waals surface area contributed by atoms with Crippen molar-refractivity contribution >= 4 is 23.4 Å². The Morgan fingerprint density at radius 3 is 2.33 bits per heavy atom. The van der Waals surface area contributed by atoms with Crippen molar-refractivity contribution in [1.82, 2.24) is 14.8 Å². The van der Waals surface area contributed by atoms with Crippen LogP contribution >= 0.6 is 11.8 Å². The summed E-state index contributed by atoms with van der Waals surface area (Å²) in [6, 6.07) is 17.2. The van der Waals surface area contributed by atoms with Crippen molar-refractivity contribution in [2.75, 3.05) is 18.2 Å². The van der Waals surface area contributed by atoms with Gasteiger partial charge >= 0.3 is 0 Å². The molecule has 0 atom stereocenters. The zero-order valence-corrected chi connectivity index (χ0v) is 18.7. The van der Waals surface area contributed by atoms with E-state index < -0.39 is 0 Å². The highest BCUT2D eigenvalue weighted by Crippen LogP contribution is 2.29. The Labute approximate surface area is 193 Å². The number of anilines is 1. The van der Waals surface area contributed by atoms with E-state index >= 15 is 0 Å². The normalized spacial score (nSPS) is 10.8. The van der Waals surface area contributed by atoms with Crippen LogP contribution in [0.1, 0.15) is 5.56 Å². The van der Waals surface area contributed by atoms with Crippen LogP contribution in [-0.4, -0.2) is 33.5 Å². The van der Waals surface area contributed by atoms with Gasteiger partial charge in [0.15, 0.2) is 11.0 Å². The van der Waals surface area contributed by atoms with Crippen molar-refractivity contribution in [2.24, 2.45) is 0 Å². The van der Waals surface area contributed by atoms with Gasteiger partial charge in [-0.05, 0) is 73.2 Å². The predicted octanol–water partition coefficient (Wildman–Crippen LogP) is 5.26. The lowest BCUT2D eigenvalue weighted by molar-refractivity contribution is -0.113. The highest BCUT2D eigenvalue weighted by atomic mass is 32.2. The van der Waals surface area contributed by atoms with Crippen LogP contribution in [0.5, 0.6) is 5.75 Å². The lowest BCUT2D eigenvalue weighted by Crippen LogP contribution is -2.15. The standard InChI is InChI=1S/C24H20F2N4O2S/c1-15-3-12-21(32-2)20(13-15)27-22(31)14-33-24-29-28-23(16-4-6-17(25)7-5-16)30(24)19-10-8-18(26)9-11-19/h3-13H,14H2,1-2H3,(H,27,31).